The maximum Gasteiger partial charge on any atom is 0.361 e. The number of carbonyl (C=O) groups excluding carboxylic acids is 3. The normalized spacial score (nSPS) is 17.7. The summed E-state index contributed by atoms with van der Waals surface area (Å²) < 4.78 is 11.0. The quantitative estimate of drug-likeness (QED) is 0.346. The molecule has 2 atom stereocenters. The van der Waals surface area contributed by atoms with Crippen molar-refractivity contribution in [3.63, 3.8) is 0 Å². The predicted octanol–water partition coefficient (Wildman–Crippen LogP) is 3.40. The maximum absolute atomic E-state index is 13.5. The molecule has 10 nitrogen and oxygen atoms in total. The lowest BCUT2D eigenvalue weighted by Gasteiger charge is -2.23. The van der Waals surface area contributed by atoms with Crippen LogP contribution in [0.25, 0.3) is 0 Å². The van der Waals surface area contributed by atoms with Crippen LogP contribution >= 0.6 is 23.1 Å². The Morgan fingerprint density at radius 2 is 1.94 bits per heavy atom. The molecule has 3 heterocycles. The van der Waals surface area contributed by atoms with E-state index in [9.17, 15) is 14.4 Å². The molecule has 0 bridgehead atoms. The molecule has 0 radical (unpaired) electrons. The molecule has 4 rings (SSSR count). The number of ether oxygens (including phenoxy) is 2. The van der Waals surface area contributed by atoms with Crippen molar-refractivity contribution in [1.82, 2.24) is 19.9 Å². The third kappa shape index (κ3) is 5.45. The van der Waals surface area contributed by atoms with Gasteiger partial charge in [-0.2, -0.15) is 0 Å². The zero-order valence-corrected chi connectivity index (χ0v) is 22.0. The summed E-state index contributed by atoms with van der Waals surface area (Å²) in [7, 11) is 2.43. The summed E-state index contributed by atoms with van der Waals surface area (Å²) in [6.07, 6.45) is 2.35. The first-order chi connectivity index (χ1) is 17.3. The van der Waals surface area contributed by atoms with Gasteiger partial charge in [0, 0.05) is 33.4 Å². The average molecular weight is 530 g/mol. The number of aromatic nitrogens is 3. The third-order valence-corrected chi connectivity index (χ3v) is 7.68. The van der Waals surface area contributed by atoms with Gasteiger partial charge in [0.05, 0.1) is 26.3 Å². The molecule has 1 saturated heterocycles. The standard InChI is InChI=1S/C24H27N5O5S2/c1-14-8-9-18(36-14)13-28-12-16(29-21(24(32)34-3)20(26-27-29)23(31)33-2)11-19(28)22(30)25-15-6-5-7-17(10-15)35-4/h5-10,16,19H,11-13H2,1-4H3,(H,25,30)/t16-,19-/m0/s1. The van der Waals surface area contributed by atoms with Crippen molar-refractivity contribution in [2.24, 2.45) is 0 Å². The van der Waals surface area contributed by atoms with Crippen LogP contribution in [0.2, 0.25) is 0 Å². The molecule has 3 aromatic rings. The highest BCUT2D eigenvalue weighted by Gasteiger charge is 2.41. The molecule has 12 heteroatoms. The Morgan fingerprint density at radius 3 is 2.61 bits per heavy atom. The van der Waals surface area contributed by atoms with Gasteiger partial charge in [0.25, 0.3) is 0 Å². The van der Waals surface area contributed by atoms with Crippen molar-refractivity contribution < 1.29 is 23.9 Å². The van der Waals surface area contributed by atoms with Gasteiger partial charge in [-0.1, -0.05) is 11.3 Å². The Morgan fingerprint density at radius 1 is 1.17 bits per heavy atom. The van der Waals surface area contributed by atoms with Crippen molar-refractivity contribution in [2.45, 2.75) is 36.9 Å². The largest absolute Gasteiger partial charge is 0.464 e. The maximum atomic E-state index is 13.5. The van der Waals surface area contributed by atoms with Crippen LogP contribution in [0.15, 0.2) is 41.3 Å². The Hall–Kier alpha value is -3.22. The van der Waals surface area contributed by atoms with Gasteiger partial charge in [0.15, 0.2) is 5.69 Å². The van der Waals surface area contributed by atoms with Gasteiger partial charge in [-0.15, -0.1) is 28.2 Å². The number of hydrogen-bond donors (Lipinski definition) is 1. The average Bonchev–Trinajstić information content (AvgIpc) is 3.61. The van der Waals surface area contributed by atoms with Crippen molar-refractivity contribution in [2.75, 3.05) is 32.3 Å². The fourth-order valence-corrected chi connectivity index (χ4v) is 5.65. The Kier molecular flexibility index (Phi) is 8.07. The highest BCUT2D eigenvalue weighted by Crippen LogP contribution is 2.32. The predicted molar refractivity (Wildman–Crippen MR) is 136 cm³/mol. The number of hydrogen-bond acceptors (Lipinski definition) is 10. The Bertz CT molecular complexity index is 1270. The van der Waals surface area contributed by atoms with Crippen molar-refractivity contribution in [3.05, 3.63) is 57.5 Å². The van der Waals surface area contributed by atoms with E-state index in [4.69, 9.17) is 9.47 Å². The molecule has 1 aliphatic rings. The highest BCUT2D eigenvalue weighted by molar-refractivity contribution is 7.98. The van der Waals surface area contributed by atoms with Gasteiger partial charge in [0.2, 0.25) is 11.6 Å². The van der Waals surface area contributed by atoms with Gasteiger partial charge in [0.1, 0.15) is 0 Å². The fraction of sp³-hybridized carbons (Fsp3) is 0.375. The van der Waals surface area contributed by atoms with E-state index in [1.165, 1.54) is 23.8 Å². The molecule has 1 N–H and O–H groups in total. The molecule has 1 aromatic carbocycles. The van der Waals surface area contributed by atoms with Crippen LogP contribution in [0.3, 0.4) is 0 Å². The van der Waals surface area contributed by atoms with Crippen LogP contribution in [0.5, 0.6) is 0 Å². The zero-order chi connectivity index (χ0) is 25.8. The van der Waals surface area contributed by atoms with Crippen LogP contribution in [0.4, 0.5) is 5.69 Å². The van der Waals surface area contributed by atoms with Gasteiger partial charge in [-0.3, -0.25) is 9.69 Å². The molecular formula is C24H27N5O5S2. The molecule has 190 valence electrons. The topological polar surface area (TPSA) is 116 Å². The molecule has 1 amide bonds. The first-order valence-electron chi connectivity index (χ1n) is 11.2. The summed E-state index contributed by atoms with van der Waals surface area (Å²) >= 11 is 3.27. The van der Waals surface area contributed by atoms with E-state index in [0.717, 1.165) is 9.77 Å². The number of thiophene rings is 1. The van der Waals surface area contributed by atoms with Crippen molar-refractivity contribution in [3.8, 4) is 0 Å². The van der Waals surface area contributed by atoms with E-state index in [1.807, 2.05) is 43.5 Å². The Labute approximate surface area is 216 Å². The summed E-state index contributed by atoms with van der Waals surface area (Å²) in [6.45, 7) is 3.02. The second-order valence-corrected chi connectivity index (χ2v) is 10.5. The van der Waals surface area contributed by atoms with Gasteiger partial charge in [-0.25, -0.2) is 14.3 Å². The van der Waals surface area contributed by atoms with Gasteiger partial charge in [-0.05, 0) is 49.9 Å². The summed E-state index contributed by atoms with van der Waals surface area (Å²) in [5.74, 6) is -1.69. The van der Waals surface area contributed by atoms with Crippen molar-refractivity contribution in [1.29, 1.82) is 0 Å². The number of rotatable bonds is 8. The zero-order valence-electron chi connectivity index (χ0n) is 20.4. The van der Waals surface area contributed by atoms with Crippen molar-refractivity contribution >= 4 is 46.6 Å². The van der Waals surface area contributed by atoms with Crippen LogP contribution in [-0.4, -0.2) is 70.8 Å². The van der Waals surface area contributed by atoms with Gasteiger partial charge < -0.3 is 14.8 Å². The highest BCUT2D eigenvalue weighted by atomic mass is 32.2. The van der Waals surface area contributed by atoms with Gasteiger partial charge >= 0.3 is 11.9 Å². The molecule has 0 unspecified atom stereocenters. The number of nitrogens with zero attached hydrogens (tertiary/aromatic N) is 4. The minimum atomic E-state index is -0.784. The molecule has 0 spiro atoms. The summed E-state index contributed by atoms with van der Waals surface area (Å²) in [6, 6.07) is 10.9. The smallest absolute Gasteiger partial charge is 0.361 e. The minimum Gasteiger partial charge on any atom is -0.464 e. The summed E-state index contributed by atoms with van der Waals surface area (Å²) in [4.78, 5) is 43.6. The number of esters is 2. The molecule has 36 heavy (non-hydrogen) atoms. The second kappa shape index (κ2) is 11.2. The molecular weight excluding hydrogens is 502 g/mol. The van der Waals surface area contributed by atoms with E-state index < -0.39 is 18.0 Å². The van der Waals surface area contributed by atoms with E-state index in [2.05, 4.69) is 26.6 Å². The SMILES string of the molecule is COC(=O)c1nnn([C@H]2C[C@@H](C(=O)Nc3cccc(SC)c3)N(Cc3ccc(C)s3)C2)c1C(=O)OC. The first kappa shape index (κ1) is 25.9. The first-order valence-corrected chi connectivity index (χ1v) is 13.2. The lowest BCUT2D eigenvalue weighted by molar-refractivity contribution is -0.120. The lowest BCUT2D eigenvalue weighted by atomic mass is 10.1. The number of likely N-dealkylation sites (tertiary alicyclic amines) is 1. The van der Waals surface area contributed by atoms with Crippen LogP contribution < -0.4 is 5.32 Å². The number of nitrogens with one attached hydrogen (secondary N) is 1. The number of carbonyl (C=O) groups is 3. The number of amides is 1. The molecule has 1 aliphatic heterocycles. The number of thioether (sulfide) groups is 1. The Balaban J connectivity index is 1.64. The van der Waals surface area contributed by atoms with E-state index in [0.29, 0.717) is 25.2 Å². The molecule has 1 fully saturated rings. The summed E-state index contributed by atoms with van der Waals surface area (Å²) in [5.41, 5.74) is 0.410. The summed E-state index contributed by atoms with van der Waals surface area (Å²) in [5, 5.41) is 11.0. The third-order valence-electron chi connectivity index (χ3n) is 5.97. The fourth-order valence-electron chi connectivity index (χ4n) is 4.27. The van der Waals surface area contributed by atoms with Crippen LogP contribution in [0, 0.1) is 6.92 Å². The molecule has 2 aromatic heterocycles. The van der Waals surface area contributed by atoms with E-state index in [-0.39, 0.29) is 23.3 Å². The van der Waals surface area contributed by atoms with E-state index in [1.54, 1.807) is 23.1 Å². The molecule has 0 saturated carbocycles. The lowest BCUT2D eigenvalue weighted by Crippen LogP contribution is -2.39. The number of anilines is 1. The van der Waals surface area contributed by atoms with E-state index >= 15 is 0 Å². The van der Waals surface area contributed by atoms with Crippen LogP contribution in [0.1, 0.15) is 43.2 Å². The van der Waals surface area contributed by atoms with Crippen LogP contribution in [-0.2, 0) is 20.8 Å². The monoisotopic (exact) mass is 529 g/mol. The molecule has 0 aliphatic carbocycles. The number of aryl methyl sites for hydroxylation is 1. The number of benzene rings is 1. The minimum absolute atomic E-state index is 0.0880. The second-order valence-electron chi connectivity index (χ2n) is 8.28. The number of methoxy groups -OCH3 is 2.